The number of carbonyl (C=O) groups excluding carboxylic acids is 2. The number of carbonyl (C=O) groups is 2. The molecule has 3 aromatic carbocycles. The number of amides is 2. The molecule has 4 rings (SSSR count). The normalized spacial score (nSPS) is 16.2. The van der Waals surface area contributed by atoms with Crippen molar-refractivity contribution >= 4 is 17.8 Å². The molecular weight excluding hydrogens is 470 g/mol. The van der Waals surface area contributed by atoms with Crippen LogP contribution in [0.15, 0.2) is 78.9 Å². The Labute approximate surface area is 216 Å². The number of rotatable bonds is 7. The fourth-order valence-corrected chi connectivity index (χ4v) is 4.07. The number of hydrogen-bond acceptors (Lipinski definition) is 6. The third kappa shape index (κ3) is 6.88. The minimum Gasteiger partial charge on any atom is -0.482 e. The molecule has 0 bridgehead atoms. The van der Waals surface area contributed by atoms with E-state index < -0.39 is 17.8 Å². The number of para-hydroxylation sites is 2. The molecule has 8 heteroatoms. The molecule has 37 heavy (non-hydrogen) atoms. The molecule has 1 aliphatic heterocycles. The quantitative estimate of drug-likeness (QED) is 0.286. The summed E-state index contributed by atoms with van der Waals surface area (Å²) in [5, 5.41) is 13.9. The van der Waals surface area contributed by atoms with Gasteiger partial charge in [0, 0.05) is 23.6 Å². The summed E-state index contributed by atoms with van der Waals surface area (Å²) in [5.41, 5.74) is 0.763. The molecule has 0 saturated heterocycles. The summed E-state index contributed by atoms with van der Waals surface area (Å²) in [7, 11) is 0. The molecule has 2 unspecified atom stereocenters. The number of amidine groups is 1. The summed E-state index contributed by atoms with van der Waals surface area (Å²) < 4.78 is 17.0. The highest BCUT2D eigenvalue weighted by atomic mass is 16.6. The predicted molar refractivity (Wildman–Crippen MR) is 141 cm³/mol. The van der Waals surface area contributed by atoms with Crippen molar-refractivity contribution in [3.8, 4) is 17.2 Å². The third-order valence-corrected chi connectivity index (χ3v) is 5.69. The predicted octanol–water partition coefficient (Wildman–Crippen LogP) is 5.65. The Balaban J connectivity index is 1.35. The molecule has 192 valence electrons. The first-order chi connectivity index (χ1) is 17.7. The Morgan fingerprint density at radius 1 is 0.919 bits per heavy atom. The van der Waals surface area contributed by atoms with E-state index in [2.05, 4.69) is 10.6 Å². The van der Waals surface area contributed by atoms with Crippen LogP contribution in [-0.4, -0.2) is 36.1 Å². The second-order valence-corrected chi connectivity index (χ2v) is 9.71. The smallest absolute Gasteiger partial charge is 0.413 e. The summed E-state index contributed by atoms with van der Waals surface area (Å²) in [6, 6.07) is 23.9. The van der Waals surface area contributed by atoms with Gasteiger partial charge in [0.05, 0.1) is 0 Å². The van der Waals surface area contributed by atoms with E-state index in [9.17, 15) is 9.59 Å². The maximum absolute atomic E-state index is 12.7. The zero-order valence-electron chi connectivity index (χ0n) is 21.1. The molecule has 3 N–H and O–H groups in total. The Morgan fingerprint density at radius 2 is 1.57 bits per heavy atom. The van der Waals surface area contributed by atoms with E-state index in [-0.39, 0.29) is 17.7 Å². The molecule has 2 atom stereocenters. The van der Waals surface area contributed by atoms with E-state index in [4.69, 9.17) is 19.6 Å². The molecular formula is C29H31N3O5. The van der Waals surface area contributed by atoms with Crippen LogP contribution in [0.1, 0.15) is 49.0 Å². The summed E-state index contributed by atoms with van der Waals surface area (Å²) in [5.74, 6) is 1.50. The van der Waals surface area contributed by atoms with Crippen molar-refractivity contribution in [1.82, 2.24) is 10.6 Å². The molecule has 0 fully saturated rings. The molecule has 8 nitrogen and oxygen atoms in total. The third-order valence-electron chi connectivity index (χ3n) is 5.69. The van der Waals surface area contributed by atoms with Crippen LogP contribution in [0.25, 0.3) is 0 Å². The number of ether oxygens (including phenoxy) is 3. The van der Waals surface area contributed by atoms with Gasteiger partial charge in [0.1, 0.15) is 28.7 Å². The van der Waals surface area contributed by atoms with Crippen molar-refractivity contribution in [1.29, 1.82) is 5.41 Å². The number of alkyl carbamates (subject to hydrolysis) is 1. The maximum Gasteiger partial charge on any atom is 0.413 e. The molecule has 1 heterocycles. The van der Waals surface area contributed by atoms with Crippen molar-refractivity contribution in [2.24, 2.45) is 0 Å². The highest BCUT2D eigenvalue weighted by Crippen LogP contribution is 2.40. The second kappa shape index (κ2) is 11.2. The molecule has 0 aromatic heterocycles. The van der Waals surface area contributed by atoms with E-state index in [1.165, 1.54) is 0 Å². The second-order valence-electron chi connectivity index (χ2n) is 9.71. The SMILES string of the molecule is CC(C)(C)OC(=O)NC(=N)C1Oc2ccccc2C1CCNC(=O)c1ccc(Oc2ccccc2)cc1. The average Bonchev–Trinajstić information content (AvgIpc) is 3.23. The molecule has 0 saturated carbocycles. The van der Waals surface area contributed by atoms with Crippen LogP contribution in [0.5, 0.6) is 17.2 Å². The largest absolute Gasteiger partial charge is 0.482 e. The van der Waals surface area contributed by atoms with E-state index in [0.717, 1.165) is 11.3 Å². The highest BCUT2D eigenvalue weighted by molar-refractivity contribution is 5.97. The lowest BCUT2D eigenvalue weighted by molar-refractivity contribution is 0.0556. The molecule has 3 aromatic rings. The van der Waals surface area contributed by atoms with Crippen LogP contribution in [0.4, 0.5) is 4.79 Å². The van der Waals surface area contributed by atoms with Gasteiger partial charge in [0.25, 0.3) is 5.91 Å². The van der Waals surface area contributed by atoms with E-state index in [1.807, 2.05) is 54.6 Å². The van der Waals surface area contributed by atoms with Crippen LogP contribution >= 0.6 is 0 Å². The summed E-state index contributed by atoms with van der Waals surface area (Å²) in [4.78, 5) is 24.9. The van der Waals surface area contributed by atoms with E-state index in [0.29, 0.717) is 30.0 Å². The zero-order valence-corrected chi connectivity index (χ0v) is 21.1. The Bertz CT molecular complexity index is 1250. The Kier molecular flexibility index (Phi) is 7.77. The molecule has 0 spiro atoms. The van der Waals surface area contributed by atoms with Gasteiger partial charge >= 0.3 is 6.09 Å². The van der Waals surface area contributed by atoms with Gasteiger partial charge < -0.3 is 19.5 Å². The molecule has 0 aliphatic carbocycles. The number of benzene rings is 3. The Hall–Kier alpha value is -4.33. The van der Waals surface area contributed by atoms with Gasteiger partial charge in [-0.3, -0.25) is 15.5 Å². The van der Waals surface area contributed by atoms with E-state index in [1.54, 1.807) is 45.0 Å². The minimum absolute atomic E-state index is 0.0872. The van der Waals surface area contributed by atoms with Gasteiger partial charge in [-0.1, -0.05) is 36.4 Å². The van der Waals surface area contributed by atoms with Gasteiger partial charge in [0.2, 0.25) is 0 Å². The fraction of sp³-hybridized carbons (Fsp3) is 0.276. The fourth-order valence-electron chi connectivity index (χ4n) is 4.07. The summed E-state index contributed by atoms with van der Waals surface area (Å²) in [6.45, 7) is 5.63. The van der Waals surface area contributed by atoms with Gasteiger partial charge in [0.15, 0.2) is 6.10 Å². The lowest BCUT2D eigenvalue weighted by Crippen LogP contribution is -2.44. The minimum atomic E-state index is -0.705. The van der Waals surface area contributed by atoms with Crippen LogP contribution in [0.3, 0.4) is 0 Å². The van der Waals surface area contributed by atoms with Crippen molar-refractivity contribution in [2.45, 2.75) is 44.8 Å². The van der Waals surface area contributed by atoms with Crippen LogP contribution in [-0.2, 0) is 4.74 Å². The van der Waals surface area contributed by atoms with Crippen LogP contribution in [0.2, 0.25) is 0 Å². The monoisotopic (exact) mass is 501 g/mol. The first kappa shape index (κ1) is 25.8. The number of hydrogen-bond donors (Lipinski definition) is 3. The van der Waals surface area contributed by atoms with Crippen LogP contribution < -0.4 is 20.1 Å². The highest BCUT2D eigenvalue weighted by Gasteiger charge is 2.38. The van der Waals surface area contributed by atoms with Crippen molar-refractivity contribution < 1.29 is 23.8 Å². The standard InChI is InChI=1S/C29H31N3O5/c1-29(2,3)37-28(34)32-26(30)25-23(22-11-7-8-12-24(22)36-25)17-18-31-27(33)19-13-15-21(16-14-19)35-20-9-5-4-6-10-20/h4-16,23,25H,17-18H2,1-3H3,(H,31,33)(H2,30,32,34). The topological polar surface area (TPSA) is 110 Å². The van der Waals surface area contributed by atoms with Crippen molar-refractivity contribution in [2.75, 3.05) is 6.54 Å². The summed E-state index contributed by atoms with van der Waals surface area (Å²) >= 11 is 0. The van der Waals surface area contributed by atoms with Gasteiger partial charge in [-0.05, 0) is 69.7 Å². The first-order valence-electron chi connectivity index (χ1n) is 12.1. The number of fused-ring (bicyclic) bond motifs is 1. The molecule has 2 amide bonds. The maximum atomic E-state index is 12.7. The number of nitrogens with one attached hydrogen (secondary N) is 3. The lowest BCUT2D eigenvalue weighted by atomic mass is 9.91. The van der Waals surface area contributed by atoms with Gasteiger partial charge in [-0.25, -0.2) is 4.79 Å². The average molecular weight is 502 g/mol. The van der Waals surface area contributed by atoms with Crippen molar-refractivity contribution in [3.05, 3.63) is 90.0 Å². The Morgan fingerprint density at radius 3 is 2.27 bits per heavy atom. The van der Waals surface area contributed by atoms with Gasteiger partial charge in [-0.15, -0.1) is 0 Å². The van der Waals surface area contributed by atoms with E-state index >= 15 is 0 Å². The summed E-state index contributed by atoms with van der Waals surface area (Å²) in [6.07, 6.45) is -0.888. The van der Waals surface area contributed by atoms with Crippen molar-refractivity contribution in [3.63, 3.8) is 0 Å². The van der Waals surface area contributed by atoms with Crippen LogP contribution in [0, 0.1) is 5.41 Å². The zero-order chi connectivity index (χ0) is 26.4. The van der Waals surface area contributed by atoms with Gasteiger partial charge in [-0.2, -0.15) is 0 Å². The lowest BCUT2D eigenvalue weighted by Gasteiger charge is -2.23. The molecule has 1 aliphatic rings. The first-order valence-corrected chi connectivity index (χ1v) is 12.1. The molecule has 0 radical (unpaired) electrons.